The number of benzene rings is 1. The fourth-order valence-electron chi connectivity index (χ4n) is 4.57. The molecule has 0 saturated carbocycles. The molecule has 2 aliphatic heterocycles. The Morgan fingerprint density at radius 3 is 2.65 bits per heavy atom. The van der Waals surface area contributed by atoms with Crippen molar-refractivity contribution in [1.82, 2.24) is 4.90 Å². The highest BCUT2D eigenvalue weighted by atomic mass is 32.1. The lowest BCUT2D eigenvalue weighted by atomic mass is 9.85. The number of fused-ring (bicyclic) bond motifs is 2. The molecule has 0 spiro atoms. The molecule has 4 nitrogen and oxygen atoms in total. The smallest absolute Gasteiger partial charge is 0.181 e. The van der Waals surface area contributed by atoms with Crippen LogP contribution < -0.4 is 5.73 Å². The predicted molar refractivity (Wildman–Crippen MR) is 108 cm³/mol. The molecule has 3 heterocycles. The summed E-state index contributed by atoms with van der Waals surface area (Å²) in [6.07, 6.45) is 5.13. The molecule has 4 rings (SSSR count). The van der Waals surface area contributed by atoms with Crippen molar-refractivity contribution in [3.8, 4) is 10.4 Å². The van der Waals surface area contributed by atoms with Gasteiger partial charge >= 0.3 is 0 Å². The molecule has 2 saturated heterocycles. The van der Waals surface area contributed by atoms with Crippen molar-refractivity contribution < 1.29 is 4.79 Å². The number of hydrogen-bond acceptors (Lipinski definition) is 5. The summed E-state index contributed by atoms with van der Waals surface area (Å²) < 4.78 is 0. The first-order valence-electron chi connectivity index (χ1n) is 9.30. The summed E-state index contributed by atoms with van der Waals surface area (Å²) in [4.78, 5) is 16.4. The van der Waals surface area contributed by atoms with Gasteiger partial charge in [0.15, 0.2) is 5.78 Å². The van der Waals surface area contributed by atoms with Gasteiger partial charge in [-0.3, -0.25) is 10.2 Å². The maximum atomic E-state index is 12.8. The third kappa shape index (κ3) is 3.21. The van der Waals surface area contributed by atoms with E-state index >= 15 is 0 Å². The minimum atomic E-state index is -0.0750. The van der Waals surface area contributed by atoms with E-state index in [4.69, 9.17) is 11.1 Å². The molecule has 2 bridgehead atoms. The van der Waals surface area contributed by atoms with E-state index in [9.17, 15) is 4.79 Å². The molecule has 3 N–H and O–H groups in total. The number of carbonyl (C=O) groups excluding carboxylic acids is 1. The van der Waals surface area contributed by atoms with Crippen LogP contribution in [0.1, 0.15) is 37.7 Å². The number of anilines is 1. The number of piperidine rings is 1. The third-order valence-electron chi connectivity index (χ3n) is 6.08. The molecule has 2 unspecified atom stereocenters. The van der Waals surface area contributed by atoms with Crippen molar-refractivity contribution in [3.63, 3.8) is 0 Å². The lowest BCUT2D eigenvalue weighted by Gasteiger charge is -2.36. The van der Waals surface area contributed by atoms with Gasteiger partial charge in [-0.2, -0.15) is 0 Å². The quantitative estimate of drug-likeness (QED) is 0.615. The number of rotatable bonds is 5. The SMILES string of the molecule is CN1C2CCC1CC(CC(=O)C(=N)c1cc(-c3cccs3)ccc1N)C2. The molecule has 5 heteroatoms. The van der Waals surface area contributed by atoms with Gasteiger partial charge in [-0.25, -0.2) is 0 Å². The zero-order chi connectivity index (χ0) is 18.3. The average Bonchev–Trinajstić information content (AvgIpc) is 3.22. The molecule has 0 radical (unpaired) electrons. The molecule has 2 fully saturated rings. The zero-order valence-electron chi connectivity index (χ0n) is 15.1. The van der Waals surface area contributed by atoms with E-state index in [1.807, 2.05) is 35.7 Å². The fraction of sp³-hybridized carbons (Fsp3) is 0.429. The number of nitrogens with one attached hydrogen (secondary N) is 1. The van der Waals surface area contributed by atoms with Crippen molar-refractivity contribution in [3.05, 3.63) is 41.3 Å². The van der Waals surface area contributed by atoms with Gasteiger partial charge in [-0.15, -0.1) is 11.3 Å². The van der Waals surface area contributed by atoms with E-state index in [2.05, 4.69) is 11.9 Å². The minimum absolute atomic E-state index is 0.0622. The Balaban J connectivity index is 1.49. The molecule has 0 aliphatic carbocycles. The van der Waals surface area contributed by atoms with E-state index in [0.29, 0.717) is 35.7 Å². The number of hydrogen-bond donors (Lipinski definition) is 2. The van der Waals surface area contributed by atoms with E-state index in [-0.39, 0.29) is 11.5 Å². The van der Waals surface area contributed by atoms with Crippen LogP contribution in [0, 0.1) is 11.3 Å². The van der Waals surface area contributed by atoms with Gasteiger partial charge < -0.3 is 10.6 Å². The van der Waals surface area contributed by atoms with Crippen LogP contribution in [0.3, 0.4) is 0 Å². The summed E-state index contributed by atoms with van der Waals surface area (Å²) in [5.74, 6) is 0.326. The van der Waals surface area contributed by atoms with Crippen molar-refractivity contribution in [2.75, 3.05) is 12.8 Å². The first-order chi connectivity index (χ1) is 12.5. The molecule has 1 aromatic heterocycles. The Bertz CT molecular complexity index is 816. The number of nitrogen functional groups attached to an aromatic ring is 1. The number of carbonyl (C=O) groups is 1. The van der Waals surface area contributed by atoms with Gasteiger partial charge in [0.25, 0.3) is 0 Å². The summed E-state index contributed by atoms with van der Waals surface area (Å²) in [7, 11) is 2.21. The molecule has 2 aliphatic rings. The summed E-state index contributed by atoms with van der Waals surface area (Å²) in [5, 5.41) is 10.5. The molecule has 2 aromatic rings. The van der Waals surface area contributed by atoms with Crippen LogP contribution in [0.25, 0.3) is 10.4 Å². The first-order valence-corrected chi connectivity index (χ1v) is 10.2. The van der Waals surface area contributed by atoms with Gasteiger partial charge in [0.05, 0.1) is 0 Å². The number of nitrogens with zero attached hydrogens (tertiary/aromatic N) is 1. The lowest BCUT2D eigenvalue weighted by Crippen LogP contribution is -2.40. The Hall–Kier alpha value is -1.98. The zero-order valence-corrected chi connectivity index (χ0v) is 15.9. The second kappa shape index (κ2) is 6.97. The molecule has 1 aromatic carbocycles. The van der Waals surface area contributed by atoms with Crippen LogP contribution in [0.5, 0.6) is 0 Å². The molecular weight excluding hydrogens is 342 g/mol. The van der Waals surface area contributed by atoms with Crippen LogP contribution >= 0.6 is 11.3 Å². The molecule has 136 valence electrons. The highest BCUT2D eigenvalue weighted by Gasteiger charge is 2.39. The Morgan fingerprint density at radius 1 is 1.27 bits per heavy atom. The number of Topliss-reactive ketones (excluding diaryl/α,β-unsaturated/α-hetero) is 1. The Morgan fingerprint density at radius 2 is 2.00 bits per heavy atom. The van der Waals surface area contributed by atoms with Crippen molar-refractivity contribution in [1.29, 1.82) is 5.41 Å². The minimum Gasteiger partial charge on any atom is -0.398 e. The summed E-state index contributed by atoms with van der Waals surface area (Å²) in [6.45, 7) is 0. The predicted octanol–water partition coefficient (Wildman–Crippen LogP) is 4.20. The Kier molecular flexibility index (Phi) is 4.67. The van der Waals surface area contributed by atoms with E-state index in [0.717, 1.165) is 23.3 Å². The van der Waals surface area contributed by atoms with Gasteiger partial charge in [0, 0.05) is 34.6 Å². The largest absolute Gasteiger partial charge is 0.398 e. The van der Waals surface area contributed by atoms with E-state index < -0.39 is 0 Å². The highest BCUT2D eigenvalue weighted by Crippen LogP contribution is 2.39. The van der Waals surface area contributed by atoms with Crippen molar-refractivity contribution in [2.24, 2.45) is 5.92 Å². The monoisotopic (exact) mass is 367 g/mol. The Labute approximate surface area is 158 Å². The molecule has 26 heavy (non-hydrogen) atoms. The number of thiophene rings is 1. The molecular formula is C21H25N3OS. The standard InChI is InChI=1S/C21H25N3OS/c1-24-15-5-6-16(24)10-13(9-15)11-19(25)21(23)17-12-14(4-7-18(17)22)20-3-2-8-26-20/h2-4,7-8,12-13,15-16,23H,5-6,9-11,22H2,1H3. The van der Waals surface area contributed by atoms with E-state index in [1.165, 1.54) is 12.8 Å². The number of nitrogens with two attached hydrogens (primary N) is 1. The van der Waals surface area contributed by atoms with Gasteiger partial charge in [-0.1, -0.05) is 12.1 Å². The summed E-state index contributed by atoms with van der Waals surface area (Å²) in [5.41, 5.74) is 8.24. The molecule has 2 atom stereocenters. The van der Waals surface area contributed by atoms with Gasteiger partial charge in [0.1, 0.15) is 5.71 Å². The first kappa shape index (κ1) is 17.4. The maximum absolute atomic E-state index is 12.8. The van der Waals surface area contributed by atoms with Crippen molar-refractivity contribution >= 4 is 28.5 Å². The summed E-state index contributed by atoms with van der Waals surface area (Å²) in [6, 6.07) is 10.9. The lowest BCUT2D eigenvalue weighted by molar-refractivity contribution is -0.114. The number of ketones is 1. The second-order valence-electron chi connectivity index (χ2n) is 7.67. The molecule has 0 amide bonds. The topological polar surface area (TPSA) is 70.2 Å². The third-order valence-corrected chi connectivity index (χ3v) is 7.00. The van der Waals surface area contributed by atoms with Crippen LogP contribution in [-0.2, 0) is 4.79 Å². The van der Waals surface area contributed by atoms with Gasteiger partial charge in [0.2, 0.25) is 0 Å². The van der Waals surface area contributed by atoms with Crippen molar-refractivity contribution in [2.45, 2.75) is 44.2 Å². The van der Waals surface area contributed by atoms with Gasteiger partial charge in [-0.05, 0) is 67.8 Å². The second-order valence-corrected chi connectivity index (χ2v) is 8.62. The highest BCUT2D eigenvalue weighted by molar-refractivity contribution is 7.13. The van der Waals surface area contributed by atoms with Crippen LogP contribution in [0.2, 0.25) is 0 Å². The van der Waals surface area contributed by atoms with E-state index in [1.54, 1.807) is 11.3 Å². The van der Waals surface area contributed by atoms with Crippen LogP contribution in [-0.4, -0.2) is 35.5 Å². The van der Waals surface area contributed by atoms with Crippen LogP contribution in [0.4, 0.5) is 5.69 Å². The maximum Gasteiger partial charge on any atom is 0.181 e. The average molecular weight is 368 g/mol. The van der Waals surface area contributed by atoms with Crippen LogP contribution in [0.15, 0.2) is 35.7 Å². The fourth-order valence-corrected chi connectivity index (χ4v) is 5.30. The normalized spacial score (nSPS) is 25.3. The summed E-state index contributed by atoms with van der Waals surface area (Å²) >= 11 is 1.65.